The summed E-state index contributed by atoms with van der Waals surface area (Å²) in [5.74, 6) is 0.433. The Labute approximate surface area is 104 Å². The Balaban J connectivity index is 1.86. The standard InChI is InChI=1S/C11H16N2O3S/c14-7-9-1-3-12(4-2-9)6-10-5-11(13(15)16)17-8-10/h5,8-9,14H,1-4,6-7H2. The van der Waals surface area contributed by atoms with Crippen LogP contribution in [0.15, 0.2) is 11.4 Å². The second-order valence-electron chi connectivity index (χ2n) is 4.45. The number of aliphatic hydroxyl groups excluding tert-OH is 1. The van der Waals surface area contributed by atoms with Gasteiger partial charge in [0, 0.05) is 24.6 Å². The lowest BCUT2D eigenvalue weighted by atomic mass is 9.98. The van der Waals surface area contributed by atoms with E-state index < -0.39 is 0 Å². The Kier molecular flexibility index (Phi) is 4.09. The smallest absolute Gasteiger partial charge is 0.324 e. The Bertz CT molecular complexity index is 386. The SMILES string of the molecule is O=[N+]([O-])c1cc(CN2CCC(CO)CC2)cs1. The number of rotatable bonds is 4. The molecule has 0 spiro atoms. The van der Waals surface area contributed by atoms with Crippen molar-refractivity contribution in [2.45, 2.75) is 19.4 Å². The molecule has 0 aromatic carbocycles. The van der Waals surface area contributed by atoms with Crippen molar-refractivity contribution in [3.05, 3.63) is 27.1 Å². The third kappa shape index (κ3) is 3.24. The van der Waals surface area contributed by atoms with E-state index in [1.807, 2.05) is 5.38 Å². The summed E-state index contributed by atoms with van der Waals surface area (Å²) in [5.41, 5.74) is 1.02. The van der Waals surface area contributed by atoms with Crippen LogP contribution in [0.3, 0.4) is 0 Å². The first kappa shape index (κ1) is 12.5. The average molecular weight is 256 g/mol. The van der Waals surface area contributed by atoms with Gasteiger partial charge >= 0.3 is 5.00 Å². The highest BCUT2D eigenvalue weighted by Gasteiger charge is 2.19. The molecule has 2 heterocycles. The van der Waals surface area contributed by atoms with E-state index in [0.29, 0.717) is 5.92 Å². The number of likely N-dealkylation sites (tertiary alicyclic amines) is 1. The van der Waals surface area contributed by atoms with Crippen molar-refractivity contribution >= 4 is 16.3 Å². The van der Waals surface area contributed by atoms with E-state index in [-0.39, 0.29) is 16.5 Å². The third-order valence-corrected chi connectivity index (χ3v) is 4.12. The molecule has 0 unspecified atom stereocenters. The Morgan fingerprint density at radius 3 is 2.76 bits per heavy atom. The first-order chi connectivity index (χ1) is 8.19. The lowest BCUT2D eigenvalue weighted by Crippen LogP contribution is -2.34. The van der Waals surface area contributed by atoms with Crippen molar-refractivity contribution in [2.24, 2.45) is 5.92 Å². The van der Waals surface area contributed by atoms with Gasteiger partial charge in [-0.15, -0.1) is 0 Å². The molecule has 1 aliphatic heterocycles. The van der Waals surface area contributed by atoms with Gasteiger partial charge < -0.3 is 5.11 Å². The van der Waals surface area contributed by atoms with Crippen molar-refractivity contribution in [2.75, 3.05) is 19.7 Å². The molecule has 0 saturated carbocycles. The van der Waals surface area contributed by atoms with E-state index >= 15 is 0 Å². The second-order valence-corrected chi connectivity index (χ2v) is 5.34. The number of nitrogens with zero attached hydrogens (tertiary/aromatic N) is 2. The molecule has 17 heavy (non-hydrogen) atoms. The number of piperidine rings is 1. The third-order valence-electron chi connectivity index (χ3n) is 3.19. The van der Waals surface area contributed by atoms with Gasteiger partial charge in [0.1, 0.15) is 0 Å². The lowest BCUT2D eigenvalue weighted by Gasteiger charge is -2.30. The maximum absolute atomic E-state index is 10.6. The molecule has 94 valence electrons. The summed E-state index contributed by atoms with van der Waals surface area (Å²) in [6.07, 6.45) is 2.03. The van der Waals surface area contributed by atoms with Gasteiger partial charge in [-0.1, -0.05) is 11.3 Å². The molecular weight excluding hydrogens is 240 g/mol. The molecule has 1 aromatic heterocycles. The molecule has 0 atom stereocenters. The molecule has 5 nitrogen and oxygen atoms in total. The molecule has 0 amide bonds. The van der Waals surface area contributed by atoms with E-state index in [1.165, 1.54) is 11.3 Å². The van der Waals surface area contributed by atoms with Gasteiger partial charge in [-0.3, -0.25) is 15.0 Å². The molecule has 1 aromatic rings. The summed E-state index contributed by atoms with van der Waals surface area (Å²) in [6.45, 7) is 2.99. The Morgan fingerprint density at radius 1 is 1.53 bits per heavy atom. The van der Waals surface area contributed by atoms with Crippen LogP contribution in [0.4, 0.5) is 5.00 Å². The van der Waals surface area contributed by atoms with E-state index in [4.69, 9.17) is 5.11 Å². The van der Waals surface area contributed by atoms with E-state index in [2.05, 4.69) is 4.90 Å². The van der Waals surface area contributed by atoms with Crippen molar-refractivity contribution in [3.8, 4) is 0 Å². The van der Waals surface area contributed by atoms with E-state index in [0.717, 1.165) is 38.0 Å². The highest BCUT2D eigenvalue weighted by molar-refractivity contribution is 7.13. The largest absolute Gasteiger partial charge is 0.396 e. The minimum absolute atomic E-state index is 0.213. The fourth-order valence-electron chi connectivity index (χ4n) is 2.13. The number of hydrogen-bond acceptors (Lipinski definition) is 5. The summed E-state index contributed by atoms with van der Waals surface area (Å²) < 4.78 is 0. The first-order valence-electron chi connectivity index (χ1n) is 5.74. The van der Waals surface area contributed by atoms with Gasteiger partial charge in [-0.25, -0.2) is 0 Å². The number of aliphatic hydroxyl groups is 1. The zero-order chi connectivity index (χ0) is 12.3. The number of thiophene rings is 1. The van der Waals surface area contributed by atoms with Crippen LogP contribution < -0.4 is 0 Å². The van der Waals surface area contributed by atoms with Gasteiger partial charge in [0.25, 0.3) is 0 Å². The maximum Gasteiger partial charge on any atom is 0.324 e. The van der Waals surface area contributed by atoms with Crippen molar-refractivity contribution in [1.29, 1.82) is 0 Å². The highest BCUT2D eigenvalue weighted by Crippen LogP contribution is 2.25. The topological polar surface area (TPSA) is 66.6 Å². The average Bonchev–Trinajstić information content (AvgIpc) is 2.79. The summed E-state index contributed by atoms with van der Waals surface area (Å²) in [4.78, 5) is 12.5. The molecule has 0 radical (unpaired) electrons. The van der Waals surface area contributed by atoms with Crippen LogP contribution in [0, 0.1) is 16.0 Å². The normalized spacial score (nSPS) is 18.4. The maximum atomic E-state index is 10.6. The molecular formula is C11H16N2O3S. The second kappa shape index (κ2) is 5.57. The van der Waals surface area contributed by atoms with Crippen LogP contribution in [0.5, 0.6) is 0 Å². The minimum atomic E-state index is -0.341. The summed E-state index contributed by atoms with van der Waals surface area (Å²) in [7, 11) is 0. The van der Waals surface area contributed by atoms with Crippen molar-refractivity contribution in [1.82, 2.24) is 4.90 Å². The molecule has 6 heteroatoms. The van der Waals surface area contributed by atoms with Crippen molar-refractivity contribution < 1.29 is 10.0 Å². The van der Waals surface area contributed by atoms with Crippen molar-refractivity contribution in [3.63, 3.8) is 0 Å². The van der Waals surface area contributed by atoms with Crippen LogP contribution in [0.2, 0.25) is 0 Å². The highest BCUT2D eigenvalue weighted by atomic mass is 32.1. The number of hydrogen-bond donors (Lipinski definition) is 1. The zero-order valence-electron chi connectivity index (χ0n) is 9.54. The summed E-state index contributed by atoms with van der Waals surface area (Å²) >= 11 is 1.19. The Morgan fingerprint density at radius 2 is 2.24 bits per heavy atom. The predicted molar refractivity (Wildman–Crippen MR) is 66.1 cm³/mol. The quantitative estimate of drug-likeness (QED) is 0.659. The molecule has 1 saturated heterocycles. The summed E-state index contributed by atoms with van der Waals surface area (Å²) in [5, 5.41) is 21.7. The van der Waals surface area contributed by atoms with E-state index in [9.17, 15) is 10.1 Å². The van der Waals surface area contributed by atoms with Crippen LogP contribution in [0.25, 0.3) is 0 Å². The fraction of sp³-hybridized carbons (Fsp3) is 0.636. The van der Waals surface area contributed by atoms with Crippen LogP contribution in [-0.2, 0) is 6.54 Å². The summed E-state index contributed by atoms with van der Waals surface area (Å²) in [6, 6.07) is 1.66. The first-order valence-corrected chi connectivity index (χ1v) is 6.62. The van der Waals surface area contributed by atoms with Gasteiger partial charge in [-0.2, -0.15) is 0 Å². The molecule has 1 aliphatic rings. The monoisotopic (exact) mass is 256 g/mol. The van der Waals surface area contributed by atoms with Gasteiger partial charge in [-0.05, 0) is 37.4 Å². The molecule has 0 aliphatic carbocycles. The van der Waals surface area contributed by atoms with Gasteiger partial charge in [0.2, 0.25) is 0 Å². The molecule has 1 fully saturated rings. The molecule has 1 N–H and O–H groups in total. The van der Waals surface area contributed by atoms with Gasteiger partial charge in [0.15, 0.2) is 0 Å². The lowest BCUT2D eigenvalue weighted by molar-refractivity contribution is -0.380. The predicted octanol–water partition coefficient (Wildman–Crippen LogP) is 1.86. The number of nitro groups is 1. The molecule has 0 bridgehead atoms. The van der Waals surface area contributed by atoms with Crippen LogP contribution >= 0.6 is 11.3 Å². The zero-order valence-corrected chi connectivity index (χ0v) is 10.4. The van der Waals surface area contributed by atoms with Crippen LogP contribution in [0.1, 0.15) is 18.4 Å². The van der Waals surface area contributed by atoms with Crippen LogP contribution in [-0.4, -0.2) is 34.6 Å². The van der Waals surface area contributed by atoms with Gasteiger partial charge in [0.05, 0.1) is 4.92 Å². The Hall–Kier alpha value is -0.980. The molecule has 2 rings (SSSR count). The van der Waals surface area contributed by atoms with E-state index in [1.54, 1.807) is 6.07 Å². The fourth-order valence-corrected chi connectivity index (χ4v) is 2.85. The minimum Gasteiger partial charge on any atom is -0.396 e.